The lowest BCUT2D eigenvalue weighted by molar-refractivity contribution is -0.0440. The zero-order valence-corrected chi connectivity index (χ0v) is 13.4. The standard InChI is InChI=1S/C15H18BrN3O/c1-3-15(2)10-19(6-7-20-15)13-4-5-17-12-8-11(16)9-18-14(12)13/h4-5,8-9H,3,6-7,10H2,1-2H3. The maximum atomic E-state index is 5.91. The van der Waals surface area contributed by atoms with Gasteiger partial charge in [-0.15, -0.1) is 0 Å². The van der Waals surface area contributed by atoms with Crippen LogP contribution in [0, 0.1) is 0 Å². The molecule has 0 bridgehead atoms. The molecule has 1 unspecified atom stereocenters. The van der Waals surface area contributed by atoms with Crippen LogP contribution in [-0.2, 0) is 4.74 Å². The van der Waals surface area contributed by atoms with E-state index in [-0.39, 0.29) is 5.60 Å². The fourth-order valence-electron chi connectivity index (χ4n) is 2.60. The van der Waals surface area contributed by atoms with E-state index in [0.29, 0.717) is 0 Å². The van der Waals surface area contributed by atoms with Gasteiger partial charge in [0.15, 0.2) is 0 Å². The average Bonchev–Trinajstić information content (AvgIpc) is 2.46. The van der Waals surface area contributed by atoms with Crippen LogP contribution in [0.5, 0.6) is 0 Å². The topological polar surface area (TPSA) is 38.2 Å². The minimum absolute atomic E-state index is 0.0802. The maximum absolute atomic E-state index is 5.91. The van der Waals surface area contributed by atoms with E-state index in [9.17, 15) is 0 Å². The van der Waals surface area contributed by atoms with E-state index < -0.39 is 0 Å². The second-order valence-corrected chi connectivity index (χ2v) is 6.34. The van der Waals surface area contributed by atoms with Crippen molar-refractivity contribution in [1.82, 2.24) is 9.97 Å². The first kappa shape index (κ1) is 13.8. The highest BCUT2D eigenvalue weighted by Gasteiger charge is 2.31. The van der Waals surface area contributed by atoms with Crippen LogP contribution in [0.15, 0.2) is 29.0 Å². The summed E-state index contributed by atoms with van der Waals surface area (Å²) in [4.78, 5) is 11.3. The SMILES string of the molecule is CCC1(C)CN(c2ccnc3cc(Br)cnc23)CCO1. The molecule has 3 heterocycles. The van der Waals surface area contributed by atoms with Gasteiger partial charge in [0.1, 0.15) is 5.52 Å². The number of aromatic nitrogens is 2. The van der Waals surface area contributed by atoms with Crippen LogP contribution >= 0.6 is 15.9 Å². The molecule has 1 aliphatic rings. The molecule has 1 atom stereocenters. The van der Waals surface area contributed by atoms with Gasteiger partial charge in [-0.2, -0.15) is 0 Å². The van der Waals surface area contributed by atoms with Crippen LogP contribution in [0.1, 0.15) is 20.3 Å². The van der Waals surface area contributed by atoms with Crippen molar-refractivity contribution >= 4 is 32.7 Å². The van der Waals surface area contributed by atoms with E-state index in [0.717, 1.165) is 47.3 Å². The average molecular weight is 336 g/mol. The Balaban J connectivity index is 2.01. The second-order valence-electron chi connectivity index (χ2n) is 5.42. The lowest BCUT2D eigenvalue weighted by Crippen LogP contribution is -2.50. The lowest BCUT2D eigenvalue weighted by Gasteiger charge is -2.41. The summed E-state index contributed by atoms with van der Waals surface area (Å²) in [5.74, 6) is 0. The van der Waals surface area contributed by atoms with Crippen molar-refractivity contribution in [2.75, 3.05) is 24.6 Å². The van der Waals surface area contributed by atoms with Crippen LogP contribution < -0.4 is 4.90 Å². The maximum Gasteiger partial charge on any atom is 0.112 e. The summed E-state index contributed by atoms with van der Waals surface area (Å²) < 4.78 is 6.87. The Morgan fingerprint density at radius 1 is 1.45 bits per heavy atom. The third-order valence-corrected chi connectivity index (χ3v) is 4.38. The zero-order chi connectivity index (χ0) is 14.2. The van der Waals surface area contributed by atoms with Crippen LogP contribution in [0.2, 0.25) is 0 Å². The summed E-state index contributed by atoms with van der Waals surface area (Å²) in [5.41, 5.74) is 2.94. The molecule has 1 saturated heterocycles. The summed E-state index contributed by atoms with van der Waals surface area (Å²) >= 11 is 3.45. The number of fused-ring (bicyclic) bond motifs is 1. The van der Waals surface area contributed by atoms with Gasteiger partial charge < -0.3 is 9.64 Å². The molecule has 0 radical (unpaired) electrons. The molecule has 4 nitrogen and oxygen atoms in total. The quantitative estimate of drug-likeness (QED) is 0.843. The highest BCUT2D eigenvalue weighted by Crippen LogP contribution is 2.30. The van der Waals surface area contributed by atoms with Crippen LogP contribution in [0.25, 0.3) is 11.0 Å². The number of nitrogens with zero attached hydrogens (tertiary/aromatic N) is 3. The number of morpholine rings is 1. The number of rotatable bonds is 2. The number of hydrogen-bond donors (Lipinski definition) is 0. The first-order valence-corrected chi connectivity index (χ1v) is 7.70. The molecule has 1 aliphatic heterocycles. The fourth-order valence-corrected chi connectivity index (χ4v) is 2.92. The van der Waals surface area contributed by atoms with Gasteiger partial charge >= 0.3 is 0 Å². The zero-order valence-electron chi connectivity index (χ0n) is 11.8. The molecule has 1 fully saturated rings. The Kier molecular flexibility index (Phi) is 3.65. The fraction of sp³-hybridized carbons (Fsp3) is 0.467. The van der Waals surface area contributed by atoms with Crippen LogP contribution in [-0.4, -0.2) is 35.3 Å². The van der Waals surface area contributed by atoms with Crippen molar-refractivity contribution in [3.63, 3.8) is 0 Å². The van der Waals surface area contributed by atoms with Gasteiger partial charge in [-0.3, -0.25) is 9.97 Å². The van der Waals surface area contributed by atoms with E-state index in [1.54, 1.807) is 0 Å². The van der Waals surface area contributed by atoms with Crippen molar-refractivity contribution < 1.29 is 4.74 Å². The monoisotopic (exact) mass is 335 g/mol. The molecule has 5 heteroatoms. The highest BCUT2D eigenvalue weighted by molar-refractivity contribution is 9.10. The number of ether oxygens (including phenoxy) is 1. The van der Waals surface area contributed by atoms with E-state index in [4.69, 9.17) is 4.74 Å². The van der Waals surface area contributed by atoms with E-state index in [1.165, 1.54) is 0 Å². The molecule has 0 saturated carbocycles. The van der Waals surface area contributed by atoms with E-state index >= 15 is 0 Å². The molecular weight excluding hydrogens is 318 g/mol. The number of pyridine rings is 2. The summed E-state index contributed by atoms with van der Waals surface area (Å²) in [6.45, 7) is 6.88. The summed E-state index contributed by atoms with van der Waals surface area (Å²) in [6.07, 6.45) is 4.68. The molecule has 106 valence electrons. The third-order valence-electron chi connectivity index (χ3n) is 3.95. The van der Waals surface area contributed by atoms with Gasteiger partial charge in [0.2, 0.25) is 0 Å². The Hall–Kier alpha value is -1.20. The molecule has 2 aromatic heterocycles. The van der Waals surface area contributed by atoms with Crippen molar-refractivity contribution in [3.8, 4) is 0 Å². The van der Waals surface area contributed by atoms with Gasteiger partial charge in [-0.25, -0.2) is 0 Å². The number of halogens is 1. The largest absolute Gasteiger partial charge is 0.372 e. The van der Waals surface area contributed by atoms with Crippen LogP contribution in [0.4, 0.5) is 5.69 Å². The molecule has 0 spiro atoms. The van der Waals surface area contributed by atoms with Gasteiger partial charge in [0, 0.05) is 30.0 Å². The first-order chi connectivity index (χ1) is 9.61. The Morgan fingerprint density at radius 3 is 3.10 bits per heavy atom. The molecule has 0 N–H and O–H groups in total. The summed E-state index contributed by atoms with van der Waals surface area (Å²) in [5, 5.41) is 0. The molecule has 0 aromatic carbocycles. The number of hydrogen-bond acceptors (Lipinski definition) is 4. The minimum atomic E-state index is -0.0802. The van der Waals surface area contributed by atoms with E-state index in [2.05, 4.69) is 44.6 Å². The van der Waals surface area contributed by atoms with Crippen molar-refractivity contribution in [2.24, 2.45) is 0 Å². The summed E-state index contributed by atoms with van der Waals surface area (Å²) in [6, 6.07) is 4.05. The van der Waals surface area contributed by atoms with Gasteiger partial charge in [-0.05, 0) is 41.4 Å². The predicted octanol–water partition coefficient (Wildman–Crippen LogP) is 3.40. The Morgan fingerprint density at radius 2 is 2.30 bits per heavy atom. The predicted molar refractivity (Wildman–Crippen MR) is 84.1 cm³/mol. The lowest BCUT2D eigenvalue weighted by atomic mass is 10.0. The number of anilines is 1. The van der Waals surface area contributed by atoms with Crippen molar-refractivity contribution in [1.29, 1.82) is 0 Å². The van der Waals surface area contributed by atoms with Gasteiger partial charge in [0.05, 0.1) is 23.4 Å². The first-order valence-electron chi connectivity index (χ1n) is 6.90. The van der Waals surface area contributed by atoms with Gasteiger partial charge in [-0.1, -0.05) is 6.92 Å². The molecule has 0 amide bonds. The smallest absolute Gasteiger partial charge is 0.112 e. The second kappa shape index (κ2) is 5.30. The molecule has 2 aromatic rings. The van der Waals surface area contributed by atoms with Crippen LogP contribution in [0.3, 0.4) is 0 Å². The Labute approximate surface area is 127 Å². The van der Waals surface area contributed by atoms with Crippen molar-refractivity contribution in [3.05, 3.63) is 29.0 Å². The minimum Gasteiger partial charge on any atom is -0.372 e. The normalized spacial score (nSPS) is 23.2. The van der Waals surface area contributed by atoms with Crippen molar-refractivity contribution in [2.45, 2.75) is 25.9 Å². The molecule has 3 rings (SSSR count). The summed E-state index contributed by atoms with van der Waals surface area (Å²) in [7, 11) is 0. The molecule has 0 aliphatic carbocycles. The Bertz CT molecular complexity index is 634. The van der Waals surface area contributed by atoms with E-state index in [1.807, 2.05) is 24.5 Å². The molecular formula is C15H18BrN3O. The molecule has 20 heavy (non-hydrogen) atoms. The highest BCUT2D eigenvalue weighted by atomic mass is 79.9. The third kappa shape index (κ3) is 2.52. The van der Waals surface area contributed by atoms with Gasteiger partial charge in [0.25, 0.3) is 0 Å².